The van der Waals surface area contributed by atoms with Crippen molar-refractivity contribution in [3.05, 3.63) is 35.2 Å². The Bertz CT molecular complexity index is 684. The second-order valence-electron chi connectivity index (χ2n) is 4.84. The number of benzene rings is 1. The van der Waals surface area contributed by atoms with E-state index in [9.17, 15) is 9.59 Å². The average Bonchev–Trinajstić information content (AvgIpc) is 3.02. The normalized spacial score (nSPS) is 10.4. The van der Waals surface area contributed by atoms with Gasteiger partial charge in [0.25, 0.3) is 0 Å². The molecule has 0 atom stereocenters. The van der Waals surface area contributed by atoms with Crippen molar-refractivity contribution < 1.29 is 18.8 Å². The molecule has 0 fully saturated rings. The van der Waals surface area contributed by atoms with E-state index < -0.39 is 5.97 Å². The summed E-state index contributed by atoms with van der Waals surface area (Å²) in [5.74, 6) is 0.118. The summed E-state index contributed by atoms with van der Waals surface area (Å²) < 4.78 is 9.64. The Balaban J connectivity index is 1.90. The molecule has 1 amide bonds. The lowest BCUT2D eigenvalue weighted by atomic mass is 10.2. The lowest BCUT2D eigenvalue weighted by molar-refractivity contribution is -0.146. The number of nitrogens with zero attached hydrogens (tertiary/aromatic N) is 3. The summed E-state index contributed by atoms with van der Waals surface area (Å²) in [5.41, 5.74) is 0.776. The first-order chi connectivity index (χ1) is 11.0. The largest absolute Gasteiger partial charge is 0.468 e. The second-order valence-corrected chi connectivity index (χ2v) is 5.28. The van der Waals surface area contributed by atoms with Crippen LogP contribution in [0.3, 0.4) is 0 Å². The molecule has 0 radical (unpaired) electrons. The van der Waals surface area contributed by atoms with Crippen LogP contribution in [0.5, 0.6) is 0 Å². The Morgan fingerprint density at radius 2 is 2.00 bits per heavy atom. The minimum Gasteiger partial charge on any atom is -0.468 e. The molecule has 0 bridgehead atoms. The molecular formula is C15H16ClN3O4. The number of carbonyl (C=O) groups excluding carboxylic acids is 2. The molecular weight excluding hydrogens is 322 g/mol. The molecule has 0 spiro atoms. The fourth-order valence-corrected chi connectivity index (χ4v) is 1.95. The van der Waals surface area contributed by atoms with Gasteiger partial charge in [-0.25, -0.2) is 0 Å². The van der Waals surface area contributed by atoms with E-state index >= 15 is 0 Å². The number of aryl methyl sites for hydroxylation is 1. The van der Waals surface area contributed by atoms with Crippen LogP contribution in [0, 0.1) is 0 Å². The molecule has 122 valence electrons. The molecule has 0 saturated heterocycles. The zero-order chi connectivity index (χ0) is 16.8. The third-order valence-corrected chi connectivity index (χ3v) is 3.39. The number of hydrogen-bond acceptors (Lipinski definition) is 6. The molecule has 1 aromatic heterocycles. The van der Waals surface area contributed by atoms with Crippen molar-refractivity contribution in [1.29, 1.82) is 0 Å². The molecule has 23 heavy (non-hydrogen) atoms. The van der Waals surface area contributed by atoms with Gasteiger partial charge in [0, 0.05) is 30.5 Å². The Morgan fingerprint density at radius 1 is 1.30 bits per heavy atom. The highest BCUT2D eigenvalue weighted by Crippen LogP contribution is 2.19. The molecule has 2 rings (SSSR count). The zero-order valence-corrected chi connectivity index (χ0v) is 13.5. The highest BCUT2D eigenvalue weighted by Gasteiger charge is 2.15. The second kappa shape index (κ2) is 7.73. The van der Waals surface area contributed by atoms with Crippen LogP contribution in [0.1, 0.15) is 12.3 Å². The first-order valence-corrected chi connectivity index (χ1v) is 7.26. The van der Waals surface area contributed by atoms with Crippen molar-refractivity contribution in [1.82, 2.24) is 15.0 Å². The maximum absolute atomic E-state index is 11.9. The van der Waals surface area contributed by atoms with E-state index in [4.69, 9.17) is 16.1 Å². The molecule has 0 unspecified atom stereocenters. The van der Waals surface area contributed by atoms with Crippen LogP contribution < -0.4 is 0 Å². The number of rotatable bonds is 6. The Morgan fingerprint density at radius 3 is 2.65 bits per heavy atom. The monoisotopic (exact) mass is 337 g/mol. The highest BCUT2D eigenvalue weighted by atomic mass is 35.5. The lowest BCUT2D eigenvalue weighted by Gasteiger charge is -2.14. The number of halogens is 1. The van der Waals surface area contributed by atoms with Gasteiger partial charge in [-0.3, -0.25) is 9.59 Å². The maximum Gasteiger partial charge on any atom is 0.325 e. The first kappa shape index (κ1) is 17.0. The van der Waals surface area contributed by atoms with E-state index in [-0.39, 0.29) is 18.9 Å². The van der Waals surface area contributed by atoms with Crippen molar-refractivity contribution in [3.63, 3.8) is 0 Å². The predicted molar refractivity (Wildman–Crippen MR) is 82.7 cm³/mol. The van der Waals surface area contributed by atoms with E-state index in [0.717, 1.165) is 5.56 Å². The van der Waals surface area contributed by atoms with E-state index in [2.05, 4.69) is 14.9 Å². The Hall–Kier alpha value is -2.41. The molecule has 0 aliphatic carbocycles. The fourth-order valence-electron chi connectivity index (χ4n) is 1.82. The summed E-state index contributed by atoms with van der Waals surface area (Å²) in [6, 6.07) is 7.04. The zero-order valence-electron chi connectivity index (χ0n) is 12.8. The number of amides is 1. The third kappa shape index (κ3) is 4.79. The van der Waals surface area contributed by atoms with Crippen LogP contribution in [0.15, 0.2) is 28.8 Å². The average molecular weight is 338 g/mol. The van der Waals surface area contributed by atoms with Gasteiger partial charge in [-0.1, -0.05) is 16.8 Å². The number of hydrogen-bond donors (Lipinski definition) is 0. The minimum absolute atomic E-state index is 0.0881. The smallest absolute Gasteiger partial charge is 0.325 e. The summed E-state index contributed by atoms with van der Waals surface area (Å²) >= 11 is 5.83. The Kier molecular flexibility index (Phi) is 5.70. The first-order valence-electron chi connectivity index (χ1n) is 6.89. The summed E-state index contributed by atoms with van der Waals surface area (Å²) in [5, 5.41) is 4.49. The van der Waals surface area contributed by atoms with E-state index in [1.165, 1.54) is 19.1 Å². The van der Waals surface area contributed by atoms with E-state index in [1.807, 2.05) is 0 Å². The molecule has 1 heterocycles. The topological polar surface area (TPSA) is 85.5 Å². The van der Waals surface area contributed by atoms with Crippen LogP contribution >= 0.6 is 11.6 Å². The number of likely N-dealkylation sites (N-methyl/N-ethyl adjacent to an activating group) is 1. The van der Waals surface area contributed by atoms with Gasteiger partial charge in [0.1, 0.15) is 6.54 Å². The van der Waals surface area contributed by atoms with Crippen LogP contribution in [0.2, 0.25) is 5.02 Å². The van der Waals surface area contributed by atoms with E-state index in [1.54, 1.807) is 24.3 Å². The van der Waals surface area contributed by atoms with Crippen molar-refractivity contribution in [2.24, 2.45) is 0 Å². The predicted octanol–water partition coefficient (Wildman–Crippen LogP) is 1.95. The number of esters is 1. The van der Waals surface area contributed by atoms with Gasteiger partial charge in [-0.15, -0.1) is 0 Å². The molecule has 2 aromatic rings. The molecule has 0 aliphatic heterocycles. The minimum atomic E-state index is -0.469. The number of carbonyl (C=O) groups is 2. The van der Waals surface area contributed by atoms with Crippen molar-refractivity contribution in [2.75, 3.05) is 20.7 Å². The number of methoxy groups -OCH3 is 1. The van der Waals surface area contributed by atoms with E-state index in [0.29, 0.717) is 23.2 Å². The summed E-state index contributed by atoms with van der Waals surface area (Å²) in [6.07, 6.45) is 0.459. The number of aromatic nitrogens is 2. The van der Waals surface area contributed by atoms with Gasteiger partial charge < -0.3 is 14.2 Å². The van der Waals surface area contributed by atoms with Gasteiger partial charge in [-0.2, -0.15) is 4.98 Å². The van der Waals surface area contributed by atoms with Gasteiger partial charge in [0.2, 0.25) is 17.6 Å². The van der Waals surface area contributed by atoms with Crippen LogP contribution in [-0.4, -0.2) is 47.6 Å². The van der Waals surface area contributed by atoms with Crippen molar-refractivity contribution in [2.45, 2.75) is 12.8 Å². The highest BCUT2D eigenvalue weighted by molar-refractivity contribution is 6.30. The molecule has 0 N–H and O–H groups in total. The molecule has 7 nitrogen and oxygen atoms in total. The third-order valence-electron chi connectivity index (χ3n) is 3.14. The maximum atomic E-state index is 11.9. The number of ether oxygens (including phenoxy) is 1. The van der Waals surface area contributed by atoms with Gasteiger partial charge >= 0.3 is 5.97 Å². The molecule has 0 aliphatic rings. The standard InChI is InChI=1S/C15H16ClN3O4/c1-19(9-14(21)22-2)13(20)8-7-12-17-15(18-23-12)10-3-5-11(16)6-4-10/h3-6H,7-9H2,1-2H3. The van der Waals surface area contributed by atoms with Gasteiger partial charge in [0.15, 0.2) is 0 Å². The van der Waals surface area contributed by atoms with Crippen LogP contribution in [0.4, 0.5) is 0 Å². The molecule has 0 saturated carbocycles. The van der Waals surface area contributed by atoms with Crippen molar-refractivity contribution in [3.8, 4) is 11.4 Å². The Labute approximate surface area is 138 Å². The summed E-state index contributed by atoms with van der Waals surface area (Å²) in [4.78, 5) is 28.5. The van der Waals surface area contributed by atoms with Gasteiger partial charge in [0.05, 0.1) is 7.11 Å². The lowest BCUT2D eigenvalue weighted by Crippen LogP contribution is -2.32. The summed E-state index contributed by atoms with van der Waals surface area (Å²) in [6.45, 7) is -0.0881. The SMILES string of the molecule is COC(=O)CN(C)C(=O)CCc1nc(-c2ccc(Cl)cc2)no1. The van der Waals surface area contributed by atoms with Crippen LogP contribution in [0.25, 0.3) is 11.4 Å². The quantitative estimate of drug-likeness (QED) is 0.749. The summed E-state index contributed by atoms with van der Waals surface area (Å²) in [7, 11) is 2.81. The van der Waals surface area contributed by atoms with Crippen LogP contribution in [-0.2, 0) is 20.7 Å². The molecule has 8 heteroatoms. The van der Waals surface area contributed by atoms with Gasteiger partial charge in [-0.05, 0) is 24.3 Å². The fraction of sp³-hybridized carbons (Fsp3) is 0.333. The van der Waals surface area contributed by atoms with Crippen molar-refractivity contribution >= 4 is 23.5 Å². The molecule has 1 aromatic carbocycles.